The topological polar surface area (TPSA) is 29.1 Å². The molecule has 3 aromatic rings. The summed E-state index contributed by atoms with van der Waals surface area (Å²) in [5.74, 6) is -0.0624. The van der Waals surface area contributed by atoms with Crippen molar-refractivity contribution in [3.63, 3.8) is 0 Å². The van der Waals surface area contributed by atoms with E-state index >= 15 is 0 Å². The van der Waals surface area contributed by atoms with E-state index in [-0.39, 0.29) is 17.4 Å². The van der Waals surface area contributed by atoms with E-state index in [0.717, 1.165) is 16.7 Å². The lowest BCUT2D eigenvalue weighted by atomic mass is 9.86. The molecule has 2 nitrogen and oxygen atoms in total. The lowest BCUT2D eigenvalue weighted by Gasteiger charge is -2.22. The van der Waals surface area contributed by atoms with Gasteiger partial charge < -0.3 is 5.32 Å². The number of carbonyl (C=O) groups is 1. The van der Waals surface area contributed by atoms with Gasteiger partial charge in [-0.25, -0.2) is 0 Å². The number of carbonyl (C=O) groups excluding carboxylic acids is 1. The van der Waals surface area contributed by atoms with Crippen LogP contribution in [0, 0.1) is 6.92 Å². The number of rotatable bonds is 4. The standard InChI is InChI=1S/C25H27NO/c1-18-10-8-9-13-22(18)23(19-11-6-5-7-12-19)26-24(27)20-14-16-21(17-15-20)25(2,3)4/h5-17,23H,1-4H3,(H,26,27). The third-order valence-electron chi connectivity index (χ3n) is 4.92. The van der Waals surface area contributed by atoms with Crippen molar-refractivity contribution in [1.29, 1.82) is 0 Å². The Morgan fingerprint density at radius 1 is 0.815 bits per heavy atom. The van der Waals surface area contributed by atoms with Gasteiger partial charge in [0.15, 0.2) is 0 Å². The van der Waals surface area contributed by atoms with Crippen molar-refractivity contribution in [2.24, 2.45) is 0 Å². The molecule has 3 rings (SSSR count). The second kappa shape index (κ2) is 7.79. The summed E-state index contributed by atoms with van der Waals surface area (Å²) in [6.45, 7) is 8.60. The minimum absolute atomic E-state index is 0.0624. The average Bonchev–Trinajstić information content (AvgIpc) is 2.67. The van der Waals surface area contributed by atoms with Crippen molar-refractivity contribution >= 4 is 5.91 Å². The highest BCUT2D eigenvalue weighted by Crippen LogP contribution is 2.26. The van der Waals surface area contributed by atoms with E-state index in [9.17, 15) is 4.79 Å². The summed E-state index contributed by atoms with van der Waals surface area (Å²) in [5, 5.41) is 3.23. The van der Waals surface area contributed by atoms with E-state index in [0.29, 0.717) is 5.56 Å². The van der Waals surface area contributed by atoms with Crippen LogP contribution in [0.15, 0.2) is 78.9 Å². The van der Waals surface area contributed by atoms with E-state index < -0.39 is 0 Å². The summed E-state index contributed by atoms with van der Waals surface area (Å²) < 4.78 is 0. The molecule has 0 aliphatic heterocycles. The molecule has 0 fully saturated rings. The van der Waals surface area contributed by atoms with Crippen LogP contribution < -0.4 is 5.32 Å². The van der Waals surface area contributed by atoms with Crippen LogP contribution in [0.4, 0.5) is 0 Å². The van der Waals surface area contributed by atoms with E-state index in [1.54, 1.807) is 0 Å². The maximum absolute atomic E-state index is 13.0. The Morgan fingerprint density at radius 3 is 2.00 bits per heavy atom. The SMILES string of the molecule is Cc1ccccc1C(NC(=O)c1ccc(C(C)(C)C)cc1)c1ccccc1. The molecule has 0 bridgehead atoms. The molecule has 0 aliphatic carbocycles. The van der Waals surface area contributed by atoms with Gasteiger partial charge in [0.1, 0.15) is 0 Å². The maximum Gasteiger partial charge on any atom is 0.252 e. The Labute approximate surface area is 162 Å². The summed E-state index contributed by atoms with van der Waals surface area (Å²) in [6, 6.07) is 26.0. The number of nitrogens with one attached hydrogen (secondary N) is 1. The predicted molar refractivity (Wildman–Crippen MR) is 112 cm³/mol. The fraction of sp³-hybridized carbons (Fsp3) is 0.240. The van der Waals surface area contributed by atoms with Crippen molar-refractivity contribution in [2.45, 2.75) is 39.2 Å². The van der Waals surface area contributed by atoms with Gasteiger partial charge in [0.05, 0.1) is 6.04 Å². The molecule has 1 N–H and O–H groups in total. The normalized spacial score (nSPS) is 12.4. The molecule has 27 heavy (non-hydrogen) atoms. The summed E-state index contributed by atoms with van der Waals surface area (Å²) >= 11 is 0. The van der Waals surface area contributed by atoms with Crippen LogP contribution in [0.5, 0.6) is 0 Å². The molecule has 2 heteroatoms. The fourth-order valence-electron chi connectivity index (χ4n) is 3.23. The summed E-state index contributed by atoms with van der Waals surface area (Å²) in [5.41, 5.74) is 5.32. The van der Waals surface area contributed by atoms with Gasteiger partial charge >= 0.3 is 0 Å². The fourth-order valence-corrected chi connectivity index (χ4v) is 3.23. The molecule has 0 saturated heterocycles. The number of aryl methyl sites for hydroxylation is 1. The van der Waals surface area contributed by atoms with Crippen LogP contribution >= 0.6 is 0 Å². The summed E-state index contributed by atoms with van der Waals surface area (Å²) in [7, 11) is 0. The molecule has 0 spiro atoms. The molecule has 1 atom stereocenters. The van der Waals surface area contributed by atoms with Crippen LogP contribution in [-0.2, 0) is 5.41 Å². The monoisotopic (exact) mass is 357 g/mol. The first-order chi connectivity index (χ1) is 12.9. The van der Waals surface area contributed by atoms with Crippen LogP contribution in [0.1, 0.15) is 59.4 Å². The zero-order valence-corrected chi connectivity index (χ0v) is 16.5. The van der Waals surface area contributed by atoms with E-state index in [4.69, 9.17) is 0 Å². The third kappa shape index (κ3) is 4.46. The van der Waals surface area contributed by atoms with Gasteiger partial charge in [0.25, 0.3) is 5.91 Å². The molecular formula is C25H27NO. The van der Waals surface area contributed by atoms with Gasteiger partial charge in [0, 0.05) is 5.56 Å². The van der Waals surface area contributed by atoms with Crippen molar-refractivity contribution in [3.05, 3.63) is 107 Å². The summed E-state index contributed by atoms with van der Waals surface area (Å²) in [6.07, 6.45) is 0. The van der Waals surface area contributed by atoms with E-state index in [1.807, 2.05) is 54.6 Å². The maximum atomic E-state index is 13.0. The largest absolute Gasteiger partial charge is 0.341 e. The third-order valence-corrected chi connectivity index (χ3v) is 4.92. The molecule has 1 amide bonds. The lowest BCUT2D eigenvalue weighted by Crippen LogP contribution is -2.29. The zero-order chi connectivity index (χ0) is 19.4. The van der Waals surface area contributed by atoms with Gasteiger partial charge in [-0.15, -0.1) is 0 Å². The Morgan fingerprint density at radius 2 is 1.41 bits per heavy atom. The number of hydrogen-bond donors (Lipinski definition) is 1. The Kier molecular flexibility index (Phi) is 5.46. The molecule has 0 radical (unpaired) electrons. The second-order valence-electron chi connectivity index (χ2n) is 8.00. The van der Waals surface area contributed by atoms with Gasteiger partial charge in [0.2, 0.25) is 0 Å². The van der Waals surface area contributed by atoms with Crippen LogP contribution in [-0.4, -0.2) is 5.91 Å². The molecule has 0 heterocycles. The minimum atomic E-state index is -0.179. The number of hydrogen-bond acceptors (Lipinski definition) is 1. The Bertz CT molecular complexity index is 905. The van der Waals surface area contributed by atoms with Crippen molar-refractivity contribution in [1.82, 2.24) is 5.32 Å². The lowest BCUT2D eigenvalue weighted by molar-refractivity contribution is 0.0943. The molecular weight excluding hydrogens is 330 g/mol. The Hall–Kier alpha value is -2.87. The molecule has 3 aromatic carbocycles. The van der Waals surface area contributed by atoms with E-state index in [1.165, 1.54) is 5.56 Å². The highest BCUT2D eigenvalue weighted by molar-refractivity contribution is 5.94. The predicted octanol–water partition coefficient (Wildman–Crippen LogP) is 5.81. The van der Waals surface area contributed by atoms with Gasteiger partial charge in [-0.2, -0.15) is 0 Å². The molecule has 0 saturated carbocycles. The van der Waals surface area contributed by atoms with E-state index in [2.05, 4.69) is 57.3 Å². The quantitative estimate of drug-likeness (QED) is 0.627. The number of amides is 1. The van der Waals surface area contributed by atoms with Crippen LogP contribution in [0.25, 0.3) is 0 Å². The van der Waals surface area contributed by atoms with Gasteiger partial charge in [-0.3, -0.25) is 4.79 Å². The first-order valence-corrected chi connectivity index (χ1v) is 9.38. The van der Waals surface area contributed by atoms with Gasteiger partial charge in [-0.05, 0) is 46.7 Å². The first-order valence-electron chi connectivity index (χ1n) is 9.38. The summed E-state index contributed by atoms with van der Waals surface area (Å²) in [4.78, 5) is 13.0. The van der Waals surface area contributed by atoms with Crippen LogP contribution in [0.3, 0.4) is 0 Å². The Balaban J connectivity index is 1.91. The highest BCUT2D eigenvalue weighted by atomic mass is 16.1. The van der Waals surface area contributed by atoms with Gasteiger partial charge in [-0.1, -0.05) is 87.5 Å². The minimum Gasteiger partial charge on any atom is -0.341 e. The molecule has 0 aliphatic rings. The number of benzene rings is 3. The van der Waals surface area contributed by atoms with Crippen molar-refractivity contribution in [3.8, 4) is 0 Å². The molecule has 0 aromatic heterocycles. The first kappa shape index (κ1) is 18.9. The van der Waals surface area contributed by atoms with Crippen molar-refractivity contribution < 1.29 is 4.79 Å². The molecule has 1 unspecified atom stereocenters. The second-order valence-corrected chi connectivity index (χ2v) is 8.00. The van der Waals surface area contributed by atoms with Crippen LogP contribution in [0.2, 0.25) is 0 Å². The highest BCUT2D eigenvalue weighted by Gasteiger charge is 2.20. The average molecular weight is 357 g/mol. The molecule has 138 valence electrons. The van der Waals surface area contributed by atoms with Crippen molar-refractivity contribution in [2.75, 3.05) is 0 Å². The zero-order valence-electron chi connectivity index (χ0n) is 16.5. The smallest absolute Gasteiger partial charge is 0.252 e.